The largest absolute Gasteiger partial charge is 0.494 e. The molecule has 1 aliphatic heterocycles. The molecular formula is C20H22N2O3. The summed E-state index contributed by atoms with van der Waals surface area (Å²) in [5.41, 5.74) is 7.74. The van der Waals surface area contributed by atoms with E-state index in [0.717, 1.165) is 29.8 Å². The van der Waals surface area contributed by atoms with Gasteiger partial charge >= 0.3 is 0 Å². The molecule has 0 aliphatic carbocycles. The molecule has 1 heterocycles. The number of nitrogens with zero attached hydrogens (tertiary/aromatic N) is 1. The molecule has 130 valence electrons. The molecule has 0 radical (unpaired) electrons. The molecule has 0 saturated carbocycles. The Balaban J connectivity index is 1.82. The lowest BCUT2D eigenvalue weighted by Gasteiger charge is -2.23. The van der Waals surface area contributed by atoms with Crippen LogP contribution >= 0.6 is 0 Å². The van der Waals surface area contributed by atoms with Crippen LogP contribution in [0.5, 0.6) is 5.75 Å². The van der Waals surface area contributed by atoms with Gasteiger partial charge in [-0.3, -0.25) is 14.5 Å². The number of amides is 2. The van der Waals surface area contributed by atoms with E-state index in [0.29, 0.717) is 18.6 Å². The second-order valence-corrected chi connectivity index (χ2v) is 6.15. The van der Waals surface area contributed by atoms with Gasteiger partial charge in [-0.1, -0.05) is 31.5 Å². The van der Waals surface area contributed by atoms with Crippen molar-refractivity contribution < 1.29 is 14.3 Å². The predicted molar refractivity (Wildman–Crippen MR) is 96.8 cm³/mol. The second-order valence-electron chi connectivity index (χ2n) is 6.15. The van der Waals surface area contributed by atoms with Crippen molar-refractivity contribution in [3.8, 4) is 5.75 Å². The van der Waals surface area contributed by atoms with Gasteiger partial charge in [-0.05, 0) is 42.3 Å². The third kappa shape index (κ3) is 3.50. The van der Waals surface area contributed by atoms with Crippen LogP contribution < -0.4 is 15.4 Å². The van der Waals surface area contributed by atoms with Gasteiger partial charge in [0.05, 0.1) is 6.61 Å². The Morgan fingerprint density at radius 1 is 1.16 bits per heavy atom. The van der Waals surface area contributed by atoms with Crippen molar-refractivity contribution in [1.29, 1.82) is 0 Å². The van der Waals surface area contributed by atoms with Crippen LogP contribution in [0.4, 0.5) is 5.69 Å². The molecule has 0 fully saturated rings. The predicted octanol–water partition coefficient (Wildman–Crippen LogP) is 2.92. The first kappa shape index (κ1) is 17.0. The molecule has 5 nitrogen and oxygen atoms in total. The summed E-state index contributed by atoms with van der Waals surface area (Å²) in [5, 5.41) is 0. The van der Waals surface area contributed by atoms with E-state index in [1.807, 2.05) is 24.3 Å². The van der Waals surface area contributed by atoms with Crippen molar-refractivity contribution in [1.82, 2.24) is 0 Å². The van der Waals surface area contributed by atoms with E-state index in [-0.39, 0.29) is 5.91 Å². The fourth-order valence-corrected chi connectivity index (χ4v) is 3.03. The molecular weight excluding hydrogens is 316 g/mol. The van der Waals surface area contributed by atoms with Crippen LogP contribution in [0.25, 0.3) is 0 Å². The summed E-state index contributed by atoms with van der Waals surface area (Å²) in [4.78, 5) is 26.3. The van der Waals surface area contributed by atoms with Gasteiger partial charge in [0.25, 0.3) is 5.91 Å². The summed E-state index contributed by atoms with van der Waals surface area (Å²) < 4.78 is 5.62. The molecule has 1 aliphatic rings. The van der Waals surface area contributed by atoms with Gasteiger partial charge < -0.3 is 10.5 Å². The van der Waals surface area contributed by atoms with Gasteiger partial charge in [0, 0.05) is 17.7 Å². The third-order valence-corrected chi connectivity index (χ3v) is 4.39. The zero-order valence-corrected chi connectivity index (χ0v) is 14.3. The molecule has 5 heteroatoms. The highest BCUT2D eigenvalue weighted by Crippen LogP contribution is 2.33. The number of primary amides is 1. The number of hydrogen-bond donors (Lipinski definition) is 1. The van der Waals surface area contributed by atoms with Crippen molar-refractivity contribution in [3.05, 3.63) is 59.7 Å². The lowest BCUT2D eigenvalue weighted by Crippen LogP contribution is -2.46. The van der Waals surface area contributed by atoms with E-state index in [1.165, 1.54) is 4.90 Å². The molecule has 1 unspecified atom stereocenters. The quantitative estimate of drug-likeness (QED) is 0.823. The maximum atomic E-state index is 13.0. The molecule has 0 spiro atoms. The van der Waals surface area contributed by atoms with E-state index in [2.05, 4.69) is 6.92 Å². The summed E-state index contributed by atoms with van der Waals surface area (Å²) in [7, 11) is 0. The number of nitrogens with two attached hydrogens (primary N) is 1. The highest BCUT2D eigenvalue weighted by Gasteiger charge is 2.37. The van der Waals surface area contributed by atoms with Crippen LogP contribution in [0.2, 0.25) is 0 Å². The zero-order chi connectivity index (χ0) is 17.8. The number of anilines is 1. The van der Waals surface area contributed by atoms with E-state index >= 15 is 0 Å². The summed E-state index contributed by atoms with van der Waals surface area (Å²) in [6.07, 6.45) is 2.51. The molecule has 0 bridgehead atoms. The number of benzene rings is 2. The van der Waals surface area contributed by atoms with Crippen LogP contribution in [0.1, 0.15) is 35.7 Å². The smallest absolute Gasteiger partial charge is 0.259 e. The van der Waals surface area contributed by atoms with Crippen LogP contribution in [0, 0.1) is 0 Å². The van der Waals surface area contributed by atoms with Crippen LogP contribution in [-0.4, -0.2) is 24.5 Å². The minimum absolute atomic E-state index is 0.228. The van der Waals surface area contributed by atoms with Crippen LogP contribution in [0.3, 0.4) is 0 Å². The Labute approximate surface area is 147 Å². The number of rotatable bonds is 6. The van der Waals surface area contributed by atoms with Crippen molar-refractivity contribution in [2.24, 2.45) is 5.73 Å². The number of para-hydroxylation sites is 1. The molecule has 1 atom stereocenters. The second kappa shape index (κ2) is 7.38. The number of hydrogen-bond acceptors (Lipinski definition) is 3. The molecule has 3 rings (SSSR count). The minimum atomic E-state index is -0.648. The van der Waals surface area contributed by atoms with Crippen LogP contribution in [-0.2, 0) is 11.2 Å². The Kier molecular flexibility index (Phi) is 5.03. The monoisotopic (exact) mass is 338 g/mol. The summed E-state index contributed by atoms with van der Waals surface area (Å²) in [6.45, 7) is 2.77. The van der Waals surface area contributed by atoms with E-state index in [9.17, 15) is 9.59 Å². The van der Waals surface area contributed by atoms with Crippen LogP contribution in [0.15, 0.2) is 48.5 Å². The lowest BCUT2D eigenvalue weighted by molar-refractivity contribution is -0.119. The fraction of sp³-hybridized carbons (Fsp3) is 0.300. The third-order valence-electron chi connectivity index (χ3n) is 4.39. The summed E-state index contributed by atoms with van der Waals surface area (Å²) in [5.74, 6) is 0.0104. The first-order valence-electron chi connectivity index (χ1n) is 8.55. The average molecular weight is 338 g/mol. The Hall–Kier alpha value is -2.82. The molecule has 2 aromatic rings. The standard InChI is InChI=1S/C20H22N2O3/c1-2-3-12-25-16-10-8-14(9-11-16)20(24)22-17-7-5-4-6-15(17)13-18(22)19(21)23/h4-11,18H,2-3,12-13H2,1H3,(H2,21,23). The Bertz CT molecular complexity index is 771. The van der Waals surface area contributed by atoms with Crippen molar-refractivity contribution in [2.45, 2.75) is 32.2 Å². The van der Waals surface area contributed by atoms with Crippen molar-refractivity contribution in [3.63, 3.8) is 0 Å². The summed E-state index contributed by atoms with van der Waals surface area (Å²) >= 11 is 0. The fourth-order valence-electron chi connectivity index (χ4n) is 3.03. The lowest BCUT2D eigenvalue weighted by atomic mass is 10.1. The van der Waals surface area contributed by atoms with E-state index in [1.54, 1.807) is 24.3 Å². The van der Waals surface area contributed by atoms with E-state index in [4.69, 9.17) is 10.5 Å². The topological polar surface area (TPSA) is 72.6 Å². The molecule has 0 saturated heterocycles. The van der Waals surface area contributed by atoms with Gasteiger partial charge in [-0.2, -0.15) is 0 Å². The summed E-state index contributed by atoms with van der Waals surface area (Å²) in [6, 6.07) is 13.9. The van der Waals surface area contributed by atoms with Gasteiger partial charge in [-0.25, -0.2) is 0 Å². The van der Waals surface area contributed by atoms with Gasteiger partial charge in [0.2, 0.25) is 5.91 Å². The van der Waals surface area contributed by atoms with E-state index < -0.39 is 11.9 Å². The maximum Gasteiger partial charge on any atom is 0.259 e. The highest BCUT2D eigenvalue weighted by molar-refractivity contribution is 6.11. The Morgan fingerprint density at radius 2 is 1.88 bits per heavy atom. The number of unbranched alkanes of at least 4 members (excludes halogenated alkanes) is 1. The zero-order valence-electron chi connectivity index (χ0n) is 14.3. The maximum absolute atomic E-state index is 13.0. The molecule has 2 aromatic carbocycles. The molecule has 2 amide bonds. The number of carbonyl (C=O) groups excluding carboxylic acids is 2. The van der Waals surface area contributed by atoms with Crippen molar-refractivity contribution >= 4 is 17.5 Å². The SMILES string of the molecule is CCCCOc1ccc(C(=O)N2c3ccccc3CC2C(N)=O)cc1. The van der Waals surface area contributed by atoms with Crippen molar-refractivity contribution in [2.75, 3.05) is 11.5 Å². The number of ether oxygens (including phenoxy) is 1. The molecule has 0 aromatic heterocycles. The van der Waals surface area contributed by atoms with Gasteiger partial charge in [0.1, 0.15) is 11.8 Å². The average Bonchev–Trinajstić information content (AvgIpc) is 3.02. The highest BCUT2D eigenvalue weighted by atomic mass is 16.5. The van der Waals surface area contributed by atoms with Gasteiger partial charge in [-0.15, -0.1) is 0 Å². The minimum Gasteiger partial charge on any atom is -0.494 e. The molecule has 25 heavy (non-hydrogen) atoms. The first-order chi connectivity index (χ1) is 12.1. The first-order valence-corrected chi connectivity index (χ1v) is 8.55. The van der Waals surface area contributed by atoms with Gasteiger partial charge in [0.15, 0.2) is 0 Å². The normalized spacial score (nSPS) is 15.7. The number of carbonyl (C=O) groups is 2. The number of fused-ring (bicyclic) bond motifs is 1. The Morgan fingerprint density at radius 3 is 2.56 bits per heavy atom. The molecule has 2 N–H and O–H groups in total.